The van der Waals surface area contributed by atoms with E-state index in [1.807, 2.05) is 19.1 Å². The number of nitrogens with one attached hydrogen (secondary N) is 1. The fourth-order valence-corrected chi connectivity index (χ4v) is 3.52. The lowest BCUT2D eigenvalue weighted by atomic mass is 10.1. The summed E-state index contributed by atoms with van der Waals surface area (Å²) in [5.41, 5.74) is 3.26. The Hall–Kier alpha value is -4.06. The van der Waals surface area contributed by atoms with Gasteiger partial charge in [0.1, 0.15) is 24.6 Å². The van der Waals surface area contributed by atoms with Crippen molar-refractivity contribution < 1.29 is 18.7 Å². The van der Waals surface area contributed by atoms with Crippen LogP contribution in [0.5, 0.6) is 11.5 Å². The SMILES string of the molecule is Cc1ccc2oc(-c3ccc(C(=O)Nc4ccc5c(c4)OCCO5)cc3)cc(=O)c2c1. The first kappa shape index (κ1) is 18.9. The molecule has 1 aliphatic heterocycles. The summed E-state index contributed by atoms with van der Waals surface area (Å²) >= 11 is 0. The van der Waals surface area contributed by atoms with Gasteiger partial charge in [-0.3, -0.25) is 9.59 Å². The van der Waals surface area contributed by atoms with Gasteiger partial charge in [-0.2, -0.15) is 0 Å². The molecule has 2 heterocycles. The van der Waals surface area contributed by atoms with Crippen LogP contribution in [0, 0.1) is 6.92 Å². The average molecular weight is 413 g/mol. The Bertz CT molecular complexity index is 1350. The maximum absolute atomic E-state index is 12.6. The van der Waals surface area contributed by atoms with Crippen LogP contribution in [0.15, 0.2) is 75.9 Å². The summed E-state index contributed by atoms with van der Waals surface area (Å²) in [5, 5.41) is 3.41. The highest BCUT2D eigenvalue weighted by molar-refractivity contribution is 6.04. The Morgan fingerprint density at radius 3 is 2.45 bits per heavy atom. The number of carbonyl (C=O) groups excluding carboxylic acids is 1. The highest BCUT2D eigenvalue weighted by atomic mass is 16.6. The summed E-state index contributed by atoms with van der Waals surface area (Å²) in [6, 6.07) is 19.2. The minimum absolute atomic E-state index is 0.0969. The topological polar surface area (TPSA) is 77.8 Å². The number of amides is 1. The van der Waals surface area contributed by atoms with Gasteiger partial charge in [0.2, 0.25) is 0 Å². The Morgan fingerprint density at radius 1 is 0.871 bits per heavy atom. The van der Waals surface area contributed by atoms with E-state index >= 15 is 0 Å². The normalized spacial score (nSPS) is 12.5. The fraction of sp³-hybridized carbons (Fsp3) is 0.120. The molecule has 31 heavy (non-hydrogen) atoms. The van der Waals surface area contributed by atoms with Crippen molar-refractivity contribution >= 4 is 22.6 Å². The predicted octanol–water partition coefficient (Wildman–Crippen LogP) is 4.79. The van der Waals surface area contributed by atoms with Crippen LogP contribution in [0.4, 0.5) is 5.69 Å². The summed E-state index contributed by atoms with van der Waals surface area (Å²) in [4.78, 5) is 25.1. The number of fused-ring (bicyclic) bond motifs is 2. The molecule has 6 nitrogen and oxygen atoms in total. The van der Waals surface area contributed by atoms with Gasteiger partial charge in [0.05, 0.1) is 5.39 Å². The number of ether oxygens (including phenoxy) is 2. The van der Waals surface area contributed by atoms with Crippen LogP contribution in [0.1, 0.15) is 15.9 Å². The molecule has 1 aromatic heterocycles. The van der Waals surface area contributed by atoms with Crippen molar-refractivity contribution in [2.24, 2.45) is 0 Å². The first-order valence-corrected chi connectivity index (χ1v) is 9.93. The molecular weight excluding hydrogens is 394 g/mol. The van der Waals surface area contributed by atoms with Gasteiger partial charge >= 0.3 is 0 Å². The molecule has 0 saturated carbocycles. The van der Waals surface area contributed by atoms with E-state index in [1.54, 1.807) is 48.5 Å². The van der Waals surface area contributed by atoms with Gasteiger partial charge in [-0.1, -0.05) is 23.8 Å². The summed E-state index contributed by atoms with van der Waals surface area (Å²) in [7, 11) is 0. The Labute approximate surface area is 178 Å². The molecule has 0 radical (unpaired) electrons. The van der Waals surface area contributed by atoms with E-state index in [9.17, 15) is 9.59 Å². The number of carbonyl (C=O) groups is 1. The minimum atomic E-state index is -0.251. The van der Waals surface area contributed by atoms with E-state index in [0.29, 0.717) is 52.7 Å². The van der Waals surface area contributed by atoms with Crippen molar-refractivity contribution in [3.63, 3.8) is 0 Å². The Morgan fingerprint density at radius 2 is 1.65 bits per heavy atom. The Balaban J connectivity index is 1.37. The molecule has 0 saturated heterocycles. The van der Waals surface area contributed by atoms with Gasteiger partial charge in [-0.15, -0.1) is 0 Å². The molecule has 6 heteroatoms. The van der Waals surface area contributed by atoms with E-state index in [4.69, 9.17) is 13.9 Å². The first-order valence-electron chi connectivity index (χ1n) is 9.93. The van der Waals surface area contributed by atoms with E-state index in [2.05, 4.69) is 5.32 Å². The van der Waals surface area contributed by atoms with Gasteiger partial charge < -0.3 is 19.2 Å². The molecule has 4 aromatic rings. The predicted molar refractivity (Wildman–Crippen MR) is 118 cm³/mol. The van der Waals surface area contributed by atoms with Gasteiger partial charge in [-0.05, 0) is 43.3 Å². The molecule has 0 unspecified atom stereocenters. The van der Waals surface area contributed by atoms with E-state index < -0.39 is 0 Å². The molecule has 1 aliphatic rings. The molecule has 0 fully saturated rings. The quantitative estimate of drug-likeness (QED) is 0.522. The van der Waals surface area contributed by atoms with Gasteiger partial charge in [0.15, 0.2) is 16.9 Å². The molecule has 0 spiro atoms. The van der Waals surface area contributed by atoms with Crippen LogP contribution >= 0.6 is 0 Å². The molecule has 1 amide bonds. The lowest BCUT2D eigenvalue weighted by Crippen LogP contribution is -2.16. The van der Waals surface area contributed by atoms with Crippen molar-refractivity contribution in [3.8, 4) is 22.8 Å². The molecule has 0 bridgehead atoms. The third-order valence-electron chi connectivity index (χ3n) is 5.11. The molecular formula is C25H19NO5. The van der Waals surface area contributed by atoms with E-state index in [1.165, 1.54) is 6.07 Å². The van der Waals surface area contributed by atoms with Crippen LogP contribution in [0.3, 0.4) is 0 Å². The second kappa shape index (κ2) is 7.65. The van der Waals surface area contributed by atoms with Crippen LogP contribution < -0.4 is 20.2 Å². The summed E-state index contributed by atoms with van der Waals surface area (Å²) in [5.74, 6) is 1.49. The van der Waals surface area contributed by atoms with E-state index in [-0.39, 0.29) is 11.3 Å². The molecule has 154 valence electrons. The highest BCUT2D eigenvalue weighted by Crippen LogP contribution is 2.32. The number of rotatable bonds is 3. The van der Waals surface area contributed by atoms with Crippen LogP contribution in [0.25, 0.3) is 22.3 Å². The third kappa shape index (κ3) is 3.75. The monoisotopic (exact) mass is 413 g/mol. The second-order valence-electron chi connectivity index (χ2n) is 7.36. The van der Waals surface area contributed by atoms with Crippen LogP contribution in [-0.2, 0) is 0 Å². The zero-order valence-electron chi connectivity index (χ0n) is 16.8. The Kier molecular flexibility index (Phi) is 4.67. The summed E-state index contributed by atoms with van der Waals surface area (Å²) in [6.45, 7) is 2.93. The lowest BCUT2D eigenvalue weighted by Gasteiger charge is -2.19. The summed E-state index contributed by atoms with van der Waals surface area (Å²) < 4.78 is 17.0. The van der Waals surface area contributed by atoms with Crippen molar-refractivity contribution in [3.05, 3.63) is 88.1 Å². The minimum Gasteiger partial charge on any atom is -0.486 e. The molecule has 0 atom stereocenters. The number of benzene rings is 3. The first-order chi connectivity index (χ1) is 15.1. The van der Waals surface area contributed by atoms with Crippen molar-refractivity contribution in [2.75, 3.05) is 18.5 Å². The largest absolute Gasteiger partial charge is 0.486 e. The molecule has 5 rings (SSSR count). The third-order valence-corrected chi connectivity index (χ3v) is 5.11. The second-order valence-corrected chi connectivity index (χ2v) is 7.36. The molecule has 3 aromatic carbocycles. The van der Waals surface area contributed by atoms with Crippen molar-refractivity contribution in [1.82, 2.24) is 0 Å². The highest BCUT2D eigenvalue weighted by Gasteiger charge is 2.14. The average Bonchev–Trinajstić information content (AvgIpc) is 2.79. The van der Waals surface area contributed by atoms with Crippen LogP contribution in [0.2, 0.25) is 0 Å². The molecule has 1 N–H and O–H groups in total. The van der Waals surface area contributed by atoms with E-state index in [0.717, 1.165) is 11.1 Å². The maximum Gasteiger partial charge on any atom is 0.255 e. The number of anilines is 1. The zero-order valence-corrected chi connectivity index (χ0v) is 16.8. The van der Waals surface area contributed by atoms with Gasteiger partial charge in [0.25, 0.3) is 5.91 Å². The van der Waals surface area contributed by atoms with Crippen molar-refractivity contribution in [1.29, 1.82) is 0 Å². The van der Waals surface area contributed by atoms with Crippen LogP contribution in [-0.4, -0.2) is 19.1 Å². The standard InChI is InChI=1S/C25H19NO5/c1-15-2-8-21-19(12-15)20(27)14-23(31-21)16-3-5-17(6-4-16)25(28)26-18-7-9-22-24(13-18)30-11-10-29-22/h2-9,12-14H,10-11H2,1H3,(H,26,28). The van der Waals surface area contributed by atoms with Gasteiger partial charge in [0, 0.05) is 28.9 Å². The summed E-state index contributed by atoms with van der Waals surface area (Å²) in [6.07, 6.45) is 0. The smallest absolute Gasteiger partial charge is 0.255 e. The van der Waals surface area contributed by atoms with Gasteiger partial charge in [-0.25, -0.2) is 0 Å². The van der Waals surface area contributed by atoms with Crippen molar-refractivity contribution in [2.45, 2.75) is 6.92 Å². The molecule has 0 aliphatic carbocycles. The zero-order chi connectivity index (χ0) is 21.4. The lowest BCUT2D eigenvalue weighted by molar-refractivity contribution is 0.102. The number of aryl methyl sites for hydroxylation is 1. The fourth-order valence-electron chi connectivity index (χ4n) is 3.52. The number of hydrogen-bond acceptors (Lipinski definition) is 5. The number of hydrogen-bond donors (Lipinski definition) is 1. The maximum atomic E-state index is 12.6.